The minimum atomic E-state index is -0.386. The lowest BCUT2D eigenvalue weighted by molar-refractivity contribution is -0.113. The molecule has 2 amide bonds. The first kappa shape index (κ1) is 24.5. The lowest BCUT2D eigenvalue weighted by Crippen LogP contribution is -2.28. The van der Waals surface area contributed by atoms with Crippen LogP contribution in [0.15, 0.2) is 60.3 Å². The second kappa shape index (κ2) is 11.2. The van der Waals surface area contributed by atoms with E-state index in [0.29, 0.717) is 33.8 Å². The third-order valence-electron chi connectivity index (χ3n) is 4.98. The minimum Gasteiger partial charge on any atom is -0.342 e. The Balaban J connectivity index is 1.67. The summed E-state index contributed by atoms with van der Waals surface area (Å²) in [4.78, 5) is 25.1. The number of carbonyl (C=O) groups excluding carboxylic acids is 2. The van der Waals surface area contributed by atoms with Crippen LogP contribution in [0.1, 0.15) is 40.3 Å². The van der Waals surface area contributed by atoms with E-state index in [9.17, 15) is 9.59 Å². The molecule has 0 saturated heterocycles. The van der Waals surface area contributed by atoms with Gasteiger partial charge in [-0.05, 0) is 50.6 Å². The molecule has 2 N–H and O–H groups in total. The summed E-state index contributed by atoms with van der Waals surface area (Å²) < 4.78 is 1.84. The van der Waals surface area contributed by atoms with E-state index < -0.39 is 0 Å². The molecule has 172 valence electrons. The Morgan fingerprint density at radius 3 is 2.61 bits per heavy atom. The molecule has 0 fully saturated rings. The Morgan fingerprint density at radius 1 is 1.18 bits per heavy atom. The van der Waals surface area contributed by atoms with E-state index in [1.807, 2.05) is 37.5 Å². The first-order valence-corrected chi connectivity index (χ1v) is 11.8. The monoisotopic (exact) mass is 483 g/mol. The molecule has 0 radical (unpaired) electrons. The number of hydrogen-bond acceptors (Lipinski definition) is 5. The molecule has 3 aromatic rings. The van der Waals surface area contributed by atoms with Gasteiger partial charge in [0.1, 0.15) is 0 Å². The van der Waals surface area contributed by atoms with Gasteiger partial charge in [-0.2, -0.15) is 0 Å². The molecule has 0 spiro atoms. The van der Waals surface area contributed by atoms with E-state index in [2.05, 4.69) is 27.4 Å². The summed E-state index contributed by atoms with van der Waals surface area (Å²) in [6.45, 7) is 9.91. The number of allylic oxidation sites excluding steroid dienone is 1. The van der Waals surface area contributed by atoms with Crippen molar-refractivity contribution in [2.75, 3.05) is 11.1 Å². The molecule has 9 heteroatoms. The summed E-state index contributed by atoms with van der Waals surface area (Å²) in [5.41, 5.74) is 3.15. The highest BCUT2D eigenvalue weighted by Gasteiger charge is 2.20. The minimum absolute atomic E-state index is 0.144. The normalized spacial score (nSPS) is 11.6. The number of carbonyl (C=O) groups is 2. The highest BCUT2D eigenvalue weighted by atomic mass is 35.5. The predicted molar refractivity (Wildman–Crippen MR) is 133 cm³/mol. The van der Waals surface area contributed by atoms with Gasteiger partial charge in [-0.25, -0.2) is 0 Å². The molecule has 0 saturated carbocycles. The van der Waals surface area contributed by atoms with Gasteiger partial charge in [0.25, 0.3) is 5.91 Å². The Hall–Kier alpha value is -3.10. The Bertz CT molecular complexity index is 1160. The van der Waals surface area contributed by atoms with Crippen LogP contribution >= 0.6 is 23.4 Å². The van der Waals surface area contributed by atoms with Crippen molar-refractivity contribution in [2.45, 2.75) is 38.5 Å². The summed E-state index contributed by atoms with van der Waals surface area (Å²) in [6.07, 6.45) is 1.72. The molecule has 0 aliphatic rings. The van der Waals surface area contributed by atoms with E-state index in [1.165, 1.54) is 11.8 Å². The average Bonchev–Trinajstić information content (AvgIpc) is 3.19. The summed E-state index contributed by atoms with van der Waals surface area (Å²) in [5, 5.41) is 15.5. The first-order chi connectivity index (χ1) is 15.8. The van der Waals surface area contributed by atoms with Crippen molar-refractivity contribution in [2.24, 2.45) is 0 Å². The highest BCUT2D eigenvalue weighted by molar-refractivity contribution is 7.99. The Kier molecular flexibility index (Phi) is 8.30. The summed E-state index contributed by atoms with van der Waals surface area (Å²) in [5.74, 6) is 0.358. The number of benzene rings is 2. The lowest BCUT2D eigenvalue weighted by Gasteiger charge is -2.15. The van der Waals surface area contributed by atoms with E-state index in [4.69, 9.17) is 11.6 Å². The van der Waals surface area contributed by atoms with Crippen LogP contribution in [0, 0.1) is 13.8 Å². The molecule has 33 heavy (non-hydrogen) atoms. The first-order valence-electron chi connectivity index (χ1n) is 10.4. The third-order valence-corrected chi connectivity index (χ3v) is 6.36. The summed E-state index contributed by atoms with van der Waals surface area (Å²) >= 11 is 7.39. The van der Waals surface area contributed by atoms with Crippen LogP contribution in [-0.4, -0.2) is 32.3 Å². The van der Waals surface area contributed by atoms with Gasteiger partial charge in [-0.3, -0.25) is 9.59 Å². The molecule has 2 aromatic carbocycles. The molecule has 0 aliphatic heterocycles. The maximum absolute atomic E-state index is 12.6. The van der Waals surface area contributed by atoms with Gasteiger partial charge in [-0.1, -0.05) is 53.2 Å². The van der Waals surface area contributed by atoms with Crippen molar-refractivity contribution in [3.8, 4) is 0 Å². The van der Waals surface area contributed by atoms with Crippen molar-refractivity contribution in [1.82, 2.24) is 20.1 Å². The van der Waals surface area contributed by atoms with Crippen molar-refractivity contribution in [1.29, 1.82) is 0 Å². The number of thioether (sulfide) groups is 1. The van der Waals surface area contributed by atoms with Crippen LogP contribution in [0.2, 0.25) is 5.02 Å². The van der Waals surface area contributed by atoms with E-state index in [0.717, 1.165) is 11.1 Å². The maximum atomic E-state index is 12.6. The number of rotatable bonds is 9. The topological polar surface area (TPSA) is 88.9 Å². The number of hydrogen-bond donors (Lipinski definition) is 2. The maximum Gasteiger partial charge on any atom is 0.251 e. The van der Waals surface area contributed by atoms with Gasteiger partial charge in [0.2, 0.25) is 5.91 Å². The number of amides is 2. The zero-order valence-corrected chi connectivity index (χ0v) is 20.3. The zero-order chi connectivity index (χ0) is 24.0. The zero-order valence-electron chi connectivity index (χ0n) is 18.8. The summed E-state index contributed by atoms with van der Waals surface area (Å²) in [6, 6.07) is 12.3. The number of halogens is 1. The molecule has 1 aromatic heterocycles. The highest BCUT2D eigenvalue weighted by Crippen LogP contribution is 2.24. The second-order valence-electron chi connectivity index (χ2n) is 7.55. The SMILES string of the molecule is C=CCn1c(SCC(=O)Nc2cccc(Cl)c2C)nnc1[C@@H](C)NC(=O)c1ccc(C)cc1. The van der Waals surface area contributed by atoms with Crippen LogP contribution in [-0.2, 0) is 11.3 Å². The van der Waals surface area contributed by atoms with Gasteiger partial charge in [0.05, 0.1) is 11.8 Å². The molecule has 3 rings (SSSR count). The van der Waals surface area contributed by atoms with Gasteiger partial charge in [0.15, 0.2) is 11.0 Å². The van der Waals surface area contributed by atoms with Crippen LogP contribution in [0.5, 0.6) is 0 Å². The number of nitrogens with zero attached hydrogens (tertiary/aromatic N) is 3. The number of aromatic nitrogens is 3. The number of anilines is 1. The van der Waals surface area contributed by atoms with E-state index in [-0.39, 0.29) is 23.6 Å². The lowest BCUT2D eigenvalue weighted by atomic mass is 10.1. The smallest absolute Gasteiger partial charge is 0.251 e. The molecule has 0 unspecified atom stereocenters. The molecule has 1 atom stereocenters. The predicted octanol–water partition coefficient (Wildman–Crippen LogP) is 4.96. The fourth-order valence-electron chi connectivity index (χ4n) is 3.14. The van der Waals surface area contributed by atoms with Crippen molar-refractivity contribution in [3.05, 3.63) is 82.7 Å². The van der Waals surface area contributed by atoms with E-state index in [1.54, 1.807) is 36.4 Å². The molecule has 0 bridgehead atoms. The molecular formula is C24H26ClN5O2S. The fourth-order valence-corrected chi connectivity index (χ4v) is 4.07. The largest absolute Gasteiger partial charge is 0.342 e. The van der Waals surface area contributed by atoms with Crippen molar-refractivity contribution in [3.63, 3.8) is 0 Å². The standard InChI is InChI=1S/C24H26ClN5O2S/c1-5-13-30-22(17(4)26-23(32)18-11-9-15(2)10-12-18)28-29-24(30)33-14-21(31)27-20-8-6-7-19(25)16(20)3/h5-12,17H,1,13-14H2,2-4H3,(H,26,32)(H,27,31)/t17-/m1/s1. The van der Waals surface area contributed by atoms with Crippen molar-refractivity contribution >= 4 is 40.9 Å². The average molecular weight is 484 g/mol. The number of aryl methyl sites for hydroxylation is 1. The van der Waals surface area contributed by atoms with Crippen LogP contribution in [0.25, 0.3) is 0 Å². The van der Waals surface area contributed by atoms with E-state index >= 15 is 0 Å². The summed E-state index contributed by atoms with van der Waals surface area (Å²) in [7, 11) is 0. The van der Waals surface area contributed by atoms with Gasteiger partial charge >= 0.3 is 0 Å². The van der Waals surface area contributed by atoms with Crippen molar-refractivity contribution < 1.29 is 9.59 Å². The van der Waals surface area contributed by atoms with Crippen LogP contribution in [0.4, 0.5) is 5.69 Å². The molecule has 0 aliphatic carbocycles. The molecular weight excluding hydrogens is 458 g/mol. The molecule has 1 heterocycles. The third kappa shape index (κ3) is 6.24. The number of nitrogens with one attached hydrogen (secondary N) is 2. The second-order valence-corrected chi connectivity index (χ2v) is 8.90. The molecule has 7 nitrogen and oxygen atoms in total. The van der Waals surface area contributed by atoms with Gasteiger partial charge in [0, 0.05) is 22.8 Å². The quantitative estimate of drug-likeness (QED) is 0.332. The Morgan fingerprint density at radius 2 is 1.91 bits per heavy atom. The van der Waals surface area contributed by atoms with Gasteiger partial charge < -0.3 is 15.2 Å². The fraction of sp³-hybridized carbons (Fsp3) is 0.250. The van der Waals surface area contributed by atoms with Crippen LogP contribution < -0.4 is 10.6 Å². The van der Waals surface area contributed by atoms with Crippen LogP contribution in [0.3, 0.4) is 0 Å². The Labute approximate surface area is 202 Å². The van der Waals surface area contributed by atoms with Gasteiger partial charge in [-0.15, -0.1) is 16.8 Å².